The summed E-state index contributed by atoms with van der Waals surface area (Å²) in [7, 11) is 0. The number of ether oxygens (including phenoxy) is 2. The molecule has 0 bridgehead atoms. The van der Waals surface area contributed by atoms with Gasteiger partial charge in [0.25, 0.3) is 0 Å². The lowest BCUT2D eigenvalue weighted by molar-refractivity contribution is 0.0847. The van der Waals surface area contributed by atoms with E-state index in [0.717, 1.165) is 24.9 Å². The van der Waals surface area contributed by atoms with Crippen LogP contribution in [0.15, 0.2) is 54.2 Å². The van der Waals surface area contributed by atoms with E-state index in [1.54, 1.807) is 12.3 Å². The van der Waals surface area contributed by atoms with E-state index >= 15 is 0 Å². The van der Waals surface area contributed by atoms with Gasteiger partial charge in [-0.3, -0.25) is 4.79 Å². The first kappa shape index (κ1) is 20.6. The lowest BCUT2D eigenvalue weighted by Gasteiger charge is -2.34. The van der Waals surface area contributed by atoms with Crippen LogP contribution in [0.2, 0.25) is 0 Å². The Morgan fingerprint density at radius 1 is 1.17 bits per heavy atom. The fourth-order valence-corrected chi connectivity index (χ4v) is 3.20. The van der Waals surface area contributed by atoms with Gasteiger partial charge in [-0.1, -0.05) is 38.0 Å². The van der Waals surface area contributed by atoms with E-state index in [-0.39, 0.29) is 17.1 Å². The summed E-state index contributed by atoms with van der Waals surface area (Å²) in [6, 6.07) is 12.7. The third kappa shape index (κ3) is 4.83. The minimum atomic E-state index is -0.872. The second-order valence-corrected chi connectivity index (χ2v) is 7.51. The smallest absolute Gasteiger partial charge is 0.202 e. The van der Waals surface area contributed by atoms with Crippen LogP contribution < -0.4 is 20.3 Å². The summed E-state index contributed by atoms with van der Waals surface area (Å²) >= 11 is 0. The van der Waals surface area contributed by atoms with Crippen LogP contribution in [0, 0.1) is 0 Å². The topological polar surface area (TPSA) is 79.8 Å². The van der Waals surface area contributed by atoms with E-state index < -0.39 is 5.60 Å². The number of aromatic hydroxyl groups is 1. The van der Waals surface area contributed by atoms with Crippen molar-refractivity contribution in [3.8, 4) is 17.2 Å². The maximum atomic E-state index is 13.1. The summed E-state index contributed by atoms with van der Waals surface area (Å²) in [4.78, 5) is 13.1. The van der Waals surface area contributed by atoms with E-state index in [9.17, 15) is 9.90 Å². The van der Waals surface area contributed by atoms with Crippen molar-refractivity contribution in [2.75, 3.05) is 12.0 Å². The number of hydrazine groups is 1. The predicted molar refractivity (Wildman–Crippen MR) is 113 cm³/mol. The highest BCUT2D eigenvalue weighted by Gasteiger charge is 2.40. The molecule has 0 amide bonds. The van der Waals surface area contributed by atoms with Gasteiger partial charge in [0.15, 0.2) is 0 Å². The molecular weight excluding hydrogens is 368 g/mol. The molecule has 2 aromatic carbocycles. The third-order valence-electron chi connectivity index (χ3n) is 4.76. The van der Waals surface area contributed by atoms with Gasteiger partial charge in [0.1, 0.15) is 28.4 Å². The number of hydrogen-bond donors (Lipinski definition) is 3. The van der Waals surface area contributed by atoms with Crippen molar-refractivity contribution in [2.45, 2.75) is 45.6 Å². The summed E-state index contributed by atoms with van der Waals surface area (Å²) in [5.41, 5.74) is 6.50. The molecule has 3 rings (SSSR count). The second-order valence-electron chi connectivity index (χ2n) is 7.51. The molecule has 6 nitrogen and oxygen atoms in total. The normalized spacial score (nSPS) is 16.1. The van der Waals surface area contributed by atoms with E-state index in [4.69, 9.17) is 9.47 Å². The number of nitrogens with one attached hydrogen (secondary N) is 2. The van der Waals surface area contributed by atoms with Crippen LogP contribution in [0.4, 0.5) is 5.69 Å². The minimum Gasteiger partial charge on any atom is -0.507 e. The second kappa shape index (κ2) is 8.90. The molecule has 0 spiro atoms. The van der Waals surface area contributed by atoms with Crippen LogP contribution in [-0.4, -0.2) is 23.1 Å². The van der Waals surface area contributed by atoms with Crippen molar-refractivity contribution >= 4 is 11.5 Å². The van der Waals surface area contributed by atoms with Crippen molar-refractivity contribution in [1.82, 2.24) is 5.43 Å². The molecule has 0 aromatic heterocycles. The lowest BCUT2D eigenvalue weighted by Crippen LogP contribution is -2.40. The molecule has 3 N–H and O–H groups in total. The number of anilines is 1. The van der Waals surface area contributed by atoms with Crippen molar-refractivity contribution in [2.24, 2.45) is 0 Å². The molecule has 0 unspecified atom stereocenters. The maximum Gasteiger partial charge on any atom is 0.202 e. The largest absolute Gasteiger partial charge is 0.507 e. The number of benzene rings is 2. The van der Waals surface area contributed by atoms with Gasteiger partial charge in [0, 0.05) is 18.3 Å². The fourth-order valence-electron chi connectivity index (χ4n) is 3.20. The van der Waals surface area contributed by atoms with E-state index in [0.29, 0.717) is 23.7 Å². The SMILES string of the molecule is CCCCCOc1cc(O)c2c(c1)OC(C)(C)/C(=C/NNc1ccccc1)C2=O. The Bertz CT molecular complexity index is 891. The molecule has 0 atom stereocenters. The zero-order valence-corrected chi connectivity index (χ0v) is 17.1. The summed E-state index contributed by atoms with van der Waals surface area (Å²) < 4.78 is 11.8. The van der Waals surface area contributed by atoms with Gasteiger partial charge in [-0.2, -0.15) is 0 Å². The number of phenolic OH excluding ortho intramolecular Hbond substituents is 1. The highest BCUT2D eigenvalue weighted by atomic mass is 16.5. The average molecular weight is 396 g/mol. The first-order chi connectivity index (χ1) is 13.9. The lowest BCUT2D eigenvalue weighted by atomic mass is 9.87. The monoisotopic (exact) mass is 396 g/mol. The van der Waals surface area contributed by atoms with Crippen molar-refractivity contribution in [3.63, 3.8) is 0 Å². The number of para-hydroxylation sites is 1. The Kier molecular flexibility index (Phi) is 6.32. The maximum absolute atomic E-state index is 13.1. The van der Waals surface area contributed by atoms with Crippen LogP contribution in [-0.2, 0) is 0 Å². The van der Waals surface area contributed by atoms with Crippen LogP contribution >= 0.6 is 0 Å². The Hall–Kier alpha value is -3.15. The van der Waals surface area contributed by atoms with Crippen LogP contribution in [0.5, 0.6) is 17.2 Å². The van der Waals surface area contributed by atoms with Crippen molar-refractivity contribution < 1.29 is 19.4 Å². The number of hydrogen-bond acceptors (Lipinski definition) is 6. The molecule has 1 heterocycles. The summed E-state index contributed by atoms with van der Waals surface area (Å²) in [6.07, 6.45) is 4.70. The molecule has 1 aliphatic heterocycles. The molecule has 29 heavy (non-hydrogen) atoms. The average Bonchev–Trinajstić information content (AvgIpc) is 2.67. The molecule has 0 saturated heterocycles. The molecule has 0 saturated carbocycles. The molecule has 1 aliphatic rings. The first-order valence-electron chi connectivity index (χ1n) is 9.93. The Morgan fingerprint density at radius 3 is 2.66 bits per heavy atom. The number of carbonyl (C=O) groups is 1. The Morgan fingerprint density at radius 2 is 1.93 bits per heavy atom. The standard InChI is InChI=1S/C23H28N2O4/c1-4-5-9-12-28-17-13-19(26)21-20(14-17)29-23(2,3)18(22(21)27)15-24-25-16-10-7-6-8-11-16/h6-8,10-11,13-15,24-26H,4-5,9,12H2,1-3H3/b18-15+. The highest BCUT2D eigenvalue weighted by molar-refractivity contribution is 6.14. The molecule has 0 aliphatic carbocycles. The summed E-state index contributed by atoms with van der Waals surface area (Å²) in [5, 5.41) is 10.5. The molecule has 0 fully saturated rings. The van der Waals surface area contributed by atoms with E-state index in [1.807, 2.05) is 44.2 Å². The van der Waals surface area contributed by atoms with Crippen LogP contribution in [0.3, 0.4) is 0 Å². The van der Waals surface area contributed by atoms with Crippen LogP contribution in [0.25, 0.3) is 0 Å². The van der Waals surface area contributed by atoms with Gasteiger partial charge < -0.3 is 25.4 Å². The number of Topliss-reactive ketones (excluding diaryl/α,β-unsaturated/α-hetero) is 1. The number of carbonyl (C=O) groups excluding carboxylic acids is 1. The van der Waals surface area contributed by atoms with Crippen LogP contribution in [0.1, 0.15) is 50.4 Å². The highest BCUT2D eigenvalue weighted by Crippen LogP contribution is 2.43. The zero-order chi connectivity index (χ0) is 20.9. The quantitative estimate of drug-likeness (QED) is 0.337. The van der Waals surface area contributed by atoms with Crippen molar-refractivity contribution in [3.05, 3.63) is 59.8 Å². The van der Waals surface area contributed by atoms with E-state index in [1.165, 1.54) is 6.07 Å². The number of rotatable bonds is 8. The number of phenols is 1. The fraction of sp³-hybridized carbons (Fsp3) is 0.348. The number of ketones is 1. The molecular formula is C23H28N2O4. The zero-order valence-electron chi connectivity index (χ0n) is 17.1. The van der Waals surface area contributed by atoms with Gasteiger partial charge in [-0.15, -0.1) is 0 Å². The first-order valence-corrected chi connectivity index (χ1v) is 9.93. The van der Waals surface area contributed by atoms with Gasteiger partial charge >= 0.3 is 0 Å². The molecule has 154 valence electrons. The van der Waals surface area contributed by atoms with E-state index in [2.05, 4.69) is 17.8 Å². The molecule has 0 radical (unpaired) electrons. The molecule has 6 heteroatoms. The predicted octanol–water partition coefficient (Wildman–Crippen LogP) is 4.82. The van der Waals surface area contributed by atoms with Gasteiger partial charge in [-0.25, -0.2) is 0 Å². The van der Waals surface area contributed by atoms with Crippen molar-refractivity contribution in [1.29, 1.82) is 0 Å². The van der Waals surface area contributed by atoms with Gasteiger partial charge in [-0.05, 0) is 32.4 Å². The Balaban J connectivity index is 1.79. The van der Waals surface area contributed by atoms with Gasteiger partial charge in [0.05, 0.1) is 17.9 Å². The number of fused-ring (bicyclic) bond motifs is 1. The molecule has 2 aromatic rings. The summed E-state index contributed by atoms with van der Waals surface area (Å²) in [6.45, 7) is 6.32. The minimum absolute atomic E-state index is 0.143. The van der Waals surface area contributed by atoms with Gasteiger partial charge in [0.2, 0.25) is 5.78 Å². The number of unbranched alkanes of at least 4 members (excludes halogenated alkanes) is 2. The summed E-state index contributed by atoms with van der Waals surface area (Å²) in [5.74, 6) is 0.403. The Labute approximate surface area is 171 Å². The third-order valence-corrected chi connectivity index (χ3v) is 4.76.